The second-order valence-electron chi connectivity index (χ2n) is 6.24. The maximum absolute atomic E-state index is 4.70. The van der Waals surface area contributed by atoms with E-state index in [0.29, 0.717) is 0 Å². The molecule has 0 bridgehead atoms. The Hall–Kier alpha value is -2.36. The third-order valence-electron chi connectivity index (χ3n) is 4.12. The van der Waals surface area contributed by atoms with Crippen molar-refractivity contribution < 1.29 is 0 Å². The van der Waals surface area contributed by atoms with Gasteiger partial charge >= 0.3 is 0 Å². The van der Waals surface area contributed by atoms with E-state index >= 15 is 0 Å². The molecule has 0 saturated carbocycles. The molecule has 1 saturated heterocycles. The first-order chi connectivity index (χ1) is 11.1. The highest BCUT2D eigenvalue weighted by atomic mass is 15.2. The molecule has 2 aromatic rings. The van der Waals surface area contributed by atoms with Gasteiger partial charge in [0.1, 0.15) is 5.82 Å². The molecule has 1 aromatic heterocycles. The topological polar surface area (TPSA) is 32.3 Å². The Labute approximate surface area is 138 Å². The number of hydrogen-bond acceptors (Lipinski definition) is 4. The molecule has 0 unspecified atom stereocenters. The van der Waals surface area contributed by atoms with Crippen LogP contribution in [0.4, 0.5) is 11.5 Å². The third kappa shape index (κ3) is 3.89. The molecule has 3 rings (SSSR count). The summed E-state index contributed by atoms with van der Waals surface area (Å²) >= 11 is 0. The van der Waals surface area contributed by atoms with Crippen LogP contribution in [-0.4, -0.2) is 37.2 Å². The van der Waals surface area contributed by atoms with E-state index in [1.807, 2.05) is 27.1 Å². The average Bonchev–Trinajstić information content (AvgIpc) is 3.07. The first kappa shape index (κ1) is 15.5. The van der Waals surface area contributed by atoms with Gasteiger partial charge in [0, 0.05) is 44.6 Å². The van der Waals surface area contributed by atoms with Gasteiger partial charge < -0.3 is 9.80 Å². The van der Waals surface area contributed by atoms with Gasteiger partial charge in [-0.25, -0.2) is 9.97 Å². The first-order valence-corrected chi connectivity index (χ1v) is 8.18. The molecule has 1 fully saturated rings. The molecule has 120 valence electrons. The first-order valence-electron chi connectivity index (χ1n) is 8.18. The van der Waals surface area contributed by atoms with Gasteiger partial charge in [-0.15, -0.1) is 0 Å². The van der Waals surface area contributed by atoms with Crippen molar-refractivity contribution >= 4 is 23.7 Å². The van der Waals surface area contributed by atoms with Crippen LogP contribution < -0.4 is 9.80 Å². The maximum Gasteiger partial charge on any atom is 0.154 e. The Morgan fingerprint density at radius 2 is 1.70 bits per heavy atom. The fraction of sp³-hybridized carbons (Fsp3) is 0.368. The zero-order chi connectivity index (χ0) is 16.2. The predicted molar refractivity (Wildman–Crippen MR) is 97.9 cm³/mol. The van der Waals surface area contributed by atoms with Crippen molar-refractivity contribution in [1.29, 1.82) is 0 Å². The summed E-state index contributed by atoms with van der Waals surface area (Å²) in [6.45, 7) is 4.24. The van der Waals surface area contributed by atoms with Gasteiger partial charge in [-0.1, -0.05) is 18.2 Å². The van der Waals surface area contributed by atoms with E-state index in [2.05, 4.69) is 51.2 Å². The van der Waals surface area contributed by atoms with E-state index in [1.54, 1.807) is 0 Å². The minimum atomic E-state index is 0.781. The third-order valence-corrected chi connectivity index (χ3v) is 4.12. The molecule has 0 N–H and O–H groups in total. The van der Waals surface area contributed by atoms with E-state index in [9.17, 15) is 0 Å². The number of aromatic nitrogens is 2. The SMILES string of the molecule is Cc1cc(N2CCCC2)nc(C=Cc2ccc(N(C)C)cc2)n1. The minimum absolute atomic E-state index is 0.781. The molecule has 2 heterocycles. The van der Waals surface area contributed by atoms with Crippen LogP contribution in [0.1, 0.15) is 29.9 Å². The smallest absolute Gasteiger partial charge is 0.154 e. The normalized spacial score (nSPS) is 14.7. The van der Waals surface area contributed by atoms with Crippen molar-refractivity contribution in [2.45, 2.75) is 19.8 Å². The summed E-state index contributed by atoms with van der Waals surface area (Å²) < 4.78 is 0. The molecule has 0 aliphatic carbocycles. The Bertz CT molecular complexity index is 683. The number of rotatable bonds is 4. The number of nitrogens with zero attached hydrogens (tertiary/aromatic N) is 4. The van der Waals surface area contributed by atoms with Crippen LogP contribution in [0.3, 0.4) is 0 Å². The van der Waals surface area contributed by atoms with Gasteiger partial charge in [0.25, 0.3) is 0 Å². The van der Waals surface area contributed by atoms with Crippen LogP contribution in [0.5, 0.6) is 0 Å². The summed E-state index contributed by atoms with van der Waals surface area (Å²) in [5.41, 5.74) is 3.37. The summed E-state index contributed by atoms with van der Waals surface area (Å²) in [7, 11) is 4.09. The van der Waals surface area contributed by atoms with E-state index in [-0.39, 0.29) is 0 Å². The standard InChI is InChI=1S/C19H24N4/c1-15-14-19(23-12-4-5-13-23)21-18(20-15)11-8-16-6-9-17(10-7-16)22(2)3/h6-11,14H,4-5,12-13H2,1-3H3. The van der Waals surface area contributed by atoms with Gasteiger partial charge in [0.15, 0.2) is 5.82 Å². The predicted octanol–water partition coefficient (Wildman–Crippen LogP) is 3.62. The number of benzene rings is 1. The van der Waals surface area contributed by atoms with Crippen LogP contribution in [0.25, 0.3) is 12.2 Å². The van der Waals surface area contributed by atoms with Crippen molar-refractivity contribution in [1.82, 2.24) is 9.97 Å². The second-order valence-corrected chi connectivity index (χ2v) is 6.24. The molecule has 0 radical (unpaired) electrons. The molecule has 1 aromatic carbocycles. The van der Waals surface area contributed by atoms with Crippen molar-refractivity contribution in [2.75, 3.05) is 37.0 Å². The van der Waals surface area contributed by atoms with Crippen LogP contribution >= 0.6 is 0 Å². The molecule has 0 atom stereocenters. The van der Waals surface area contributed by atoms with Crippen molar-refractivity contribution in [2.24, 2.45) is 0 Å². The summed E-state index contributed by atoms with van der Waals surface area (Å²) in [5, 5.41) is 0. The van der Waals surface area contributed by atoms with Crippen LogP contribution in [0.15, 0.2) is 30.3 Å². The van der Waals surface area contributed by atoms with E-state index < -0.39 is 0 Å². The van der Waals surface area contributed by atoms with Gasteiger partial charge in [-0.05, 0) is 43.5 Å². The highest BCUT2D eigenvalue weighted by Gasteiger charge is 2.14. The van der Waals surface area contributed by atoms with E-state index in [1.165, 1.54) is 18.5 Å². The van der Waals surface area contributed by atoms with Gasteiger partial charge in [0.05, 0.1) is 0 Å². The highest BCUT2D eigenvalue weighted by Crippen LogP contribution is 2.19. The van der Waals surface area contributed by atoms with E-state index in [4.69, 9.17) is 4.98 Å². The van der Waals surface area contributed by atoms with Crippen LogP contribution in [0.2, 0.25) is 0 Å². The Kier molecular flexibility index (Phi) is 4.60. The molecule has 1 aliphatic rings. The largest absolute Gasteiger partial charge is 0.378 e. The van der Waals surface area contributed by atoms with Gasteiger partial charge in [-0.2, -0.15) is 0 Å². The maximum atomic E-state index is 4.70. The van der Waals surface area contributed by atoms with Crippen LogP contribution in [0, 0.1) is 6.92 Å². The quantitative estimate of drug-likeness (QED) is 0.863. The minimum Gasteiger partial charge on any atom is -0.378 e. The van der Waals surface area contributed by atoms with Gasteiger partial charge in [0.2, 0.25) is 0 Å². The molecule has 0 amide bonds. The van der Waals surface area contributed by atoms with Gasteiger partial charge in [-0.3, -0.25) is 0 Å². The average molecular weight is 308 g/mol. The van der Waals surface area contributed by atoms with E-state index in [0.717, 1.165) is 36.0 Å². The number of hydrogen-bond donors (Lipinski definition) is 0. The molecule has 4 nitrogen and oxygen atoms in total. The summed E-state index contributed by atoms with van der Waals surface area (Å²) in [5.74, 6) is 1.83. The van der Waals surface area contributed by atoms with Crippen molar-refractivity contribution in [3.8, 4) is 0 Å². The summed E-state index contributed by atoms with van der Waals surface area (Å²) in [6.07, 6.45) is 6.58. The molecule has 0 spiro atoms. The Morgan fingerprint density at radius 1 is 1.00 bits per heavy atom. The Balaban J connectivity index is 1.78. The monoisotopic (exact) mass is 308 g/mol. The zero-order valence-corrected chi connectivity index (χ0v) is 14.2. The summed E-state index contributed by atoms with van der Waals surface area (Å²) in [4.78, 5) is 13.7. The molecule has 1 aliphatic heterocycles. The number of aryl methyl sites for hydroxylation is 1. The zero-order valence-electron chi connectivity index (χ0n) is 14.2. The second kappa shape index (κ2) is 6.82. The van der Waals surface area contributed by atoms with Crippen molar-refractivity contribution in [3.05, 3.63) is 47.4 Å². The molecule has 4 heteroatoms. The van der Waals surface area contributed by atoms with Crippen LogP contribution in [-0.2, 0) is 0 Å². The lowest BCUT2D eigenvalue weighted by Crippen LogP contribution is -2.19. The number of anilines is 2. The summed E-state index contributed by atoms with van der Waals surface area (Å²) in [6, 6.07) is 10.5. The lowest BCUT2D eigenvalue weighted by molar-refractivity contribution is 0.915. The lowest BCUT2D eigenvalue weighted by atomic mass is 10.2. The fourth-order valence-corrected chi connectivity index (χ4v) is 2.81. The van der Waals surface area contributed by atoms with Crippen molar-refractivity contribution in [3.63, 3.8) is 0 Å². The lowest BCUT2D eigenvalue weighted by Gasteiger charge is -2.16. The highest BCUT2D eigenvalue weighted by molar-refractivity contribution is 5.68. The molecular weight excluding hydrogens is 284 g/mol. The molecule has 23 heavy (non-hydrogen) atoms. The molecular formula is C19H24N4. The fourth-order valence-electron chi connectivity index (χ4n) is 2.81. The Morgan fingerprint density at radius 3 is 2.35 bits per heavy atom.